The minimum Gasteiger partial charge on any atom is -0.480 e. The van der Waals surface area contributed by atoms with Crippen molar-refractivity contribution in [1.82, 2.24) is 5.32 Å². The van der Waals surface area contributed by atoms with Crippen molar-refractivity contribution in [3.05, 3.63) is 0 Å². The molecule has 0 aromatic rings. The molecular formula is C8H15NO8. The van der Waals surface area contributed by atoms with Gasteiger partial charge in [0.1, 0.15) is 24.9 Å². The fourth-order valence-corrected chi connectivity index (χ4v) is 0.945. The number of amides is 1. The monoisotopic (exact) mass is 253 g/mol. The van der Waals surface area contributed by atoms with E-state index in [9.17, 15) is 19.8 Å². The van der Waals surface area contributed by atoms with Crippen molar-refractivity contribution in [2.24, 2.45) is 0 Å². The predicted octanol–water partition coefficient (Wildman–Crippen LogP) is -4.38. The normalized spacial score (nSPS) is 17.9. The second-order valence-electron chi connectivity index (χ2n) is 3.29. The third kappa shape index (κ3) is 5.06. The summed E-state index contributed by atoms with van der Waals surface area (Å²) in [5.41, 5.74) is 0. The zero-order chi connectivity index (χ0) is 13.6. The largest absolute Gasteiger partial charge is 0.480 e. The van der Waals surface area contributed by atoms with E-state index in [1.165, 1.54) is 0 Å². The summed E-state index contributed by atoms with van der Waals surface area (Å²) in [5, 5.41) is 55.0. The van der Waals surface area contributed by atoms with Crippen LogP contribution in [0.2, 0.25) is 0 Å². The molecule has 100 valence electrons. The van der Waals surface area contributed by atoms with Crippen LogP contribution in [-0.4, -0.2) is 80.1 Å². The van der Waals surface area contributed by atoms with E-state index in [-0.39, 0.29) is 0 Å². The van der Waals surface area contributed by atoms with Crippen LogP contribution in [0.1, 0.15) is 0 Å². The molecule has 0 bridgehead atoms. The molecule has 0 fully saturated rings. The molecule has 0 radical (unpaired) electrons. The molecule has 1 amide bonds. The van der Waals surface area contributed by atoms with Crippen molar-refractivity contribution in [3.8, 4) is 0 Å². The van der Waals surface area contributed by atoms with Crippen LogP contribution in [0.4, 0.5) is 0 Å². The number of carbonyl (C=O) groups excluding carboxylic acids is 1. The lowest BCUT2D eigenvalue weighted by Gasteiger charge is -2.24. The molecule has 0 heterocycles. The lowest BCUT2D eigenvalue weighted by molar-refractivity contribution is -0.150. The first-order valence-electron chi connectivity index (χ1n) is 4.63. The number of rotatable bonds is 7. The molecule has 0 aromatic carbocycles. The van der Waals surface area contributed by atoms with Crippen LogP contribution in [0, 0.1) is 0 Å². The van der Waals surface area contributed by atoms with E-state index in [0.29, 0.717) is 0 Å². The summed E-state index contributed by atoms with van der Waals surface area (Å²) < 4.78 is 0. The molecule has 0 aliphatic carbocycles. The maximum Gasteiger partial charge on any atom is 0.322 e. The molecular weight excluding hydrogens is 238 g/mol. The average Bonchev–Trinajstić information content (AvgIpc) is 2.31. The van der Waals surface area contributed by atoms with Gasteiger partial charge in [0.05, 0.1) is 6.61 Å². The molecule has 0 unspecified atom stereocenters. The number of hydrogen-bond acceptors (Lipinski definition) is 7. The standard InChI is InChI=1S/C8H15NO8/c10-2-3(11)5(14)6(15)7(16)8(17)9-1-4(12)13/h3,5-7,10-11,14-16H,1-2H2,(H,9,17)(H,12,13)/t3-,5+,6+,7-/m1/s1. The number of aliphatic hydroxyl groups is 5. The Morgan fingerprint density at radius 1 is 1.06 bits per heavy atom. The van der Waals surface area contributed by atoms with Crippen LogP contribution in [0.15, 0.2) is 0 Å². The van der Waals surface area contributed by atoms with Crippen molar-refractivity contribution in [2.75, 3.05) is 13.2 Å². The van der Waals surface area contributed by atoms with E-state index in [4.69, 9.17) is 20.4 Å². The van der Waals surface area contributed by atoms with Gasteiger partial charge in [-0.3, -0.25) is 9.59 Å². The average molecular weight is 253 g/mol. The minimum absolute atomic E-state index is 0.763. The molecule has 0 saturated heterocycles. The number of hydrogen-bond donors (Lipinski definition) is 7. The van der Waals surface area contributed by atoms with Crippen LogP contribution in [0.5, 0.6) is 0 Å². The van der Waals surface area contributed by atoms with Gasteiger partial charge < -0.3 is 36.0 Å². The Hall–Kier alpha value is -1.26. The Morgan fingerprint density at radius 3 is 2.00 bits per heavy atom. The molecule has 17 heavy (non-hydrogen) atoms. The van der Waals surface area contributed by atoms with Crippen LogP contribution < -0.4 is 5.32 Å². The van der Waals surface area contributed by atoms with E-state index in [1.807, 2.05) is 0 Å². The second kappa shape index (κ2) is 7.14. The first-order chi connectivity index (χ1) is 7.81. The van der Waals surface area contributed by atoms with Gasteiger partial charge >= 0.3 is 5.97 Å². The summed E-state index contributed by atoms with van der Waals surface area (Å²) in [6.45, 7) is -1.64. The van der Waals surface area contributed by atoms with Gasteiger partial charge in [-0.15, -0.1) is 0 Å². The number of carboxylic acids is 1. The number of carbonyl (C=O) groups is 2. The van der Waals surface area contributed by atoms with Crippen LogP contribution >= 0.6 is 0 Å². The van der Waals surface area contributed by atoms with Crippen LogP contribution in [-0.2, 0) is 9.59 Å². The van der Waals surface area contributed by atoms with Gasteiger partial charge in [0.25, 0.3) is 5.91 Å². The smallest absolute Gasteiger partial charge is 0.322 e. The minimum atomic E-state index is -2.12. The van der Waals surface area contributed by atoms with Crippen molar-refractivity contribution in [2.45, 2.75) is 24.4 Å². The zero-order valence-electron chi connectivity index (χ0n) is 8.72. The third-order valence-corrected chi connectivity index (χ3v) is 1.94. The highest BCUT2D eigenvalue weighted by Gasteiger charge is 2.34. The van der Waals surface area contributed by atoms with Crippen LogP contribution in [0.3, 0.4) is 0 Å². The van der Waals surface area contributed by atoms with Crippen molar-refractivity contribution in [3.63, 3.8) is 0 Å². The molecule has 9 nitrogen and oxygen atoms in total. The summed E-state index contributed by atoms with van der Waals surface area (Å²) in [6.07, 6.45) is -7.84. The number of aliphatic hydroxyl groups excluding tert-OH is 5. The third-order valence-electron chi connectivity index (χ3n) is 1.94. The molecule has 0 aromatic heterocycles. The van der Waals surface area contributed by atoms with Gasteiger partial charge in [-0.25, -0.2) is 0 Å². The molecule has 7 N–H and O–H groups in total. The Morgan fingerprint density at radius 2 is 1.59 bits per heavy atom. The Bertz CT molecular complexity index is 270. The van der Waals surface area contributed by atoms with Gasteiger partial charge in [0.2, 0.25) is 0 Å². The molecule has 0 aliphatic heterocycles. The van der Waals surface area contributed by atoms with Gasteiger partial charge in [-0.05, 0) is 0 Å². The Kier molecular flexibility index (Phi) is 6.61. The maximum absolute atomic E-state index is 11.1. The fourth-order valence-electron chi connectivity index (χ4n) is 0.945. The van der Waals surface area contributed by atoms with Gasteiger partial charge in [0.15, 0.2) is 6.10 Å². The van der Waals surface area contributed by atoms with E-state index in [2.05, 4.69) is 0 Å². The number of nitrogens with one attached hydrogen (secondary N) is 1. The summed E-state index contributed by atoms with van der Waals surface area (Å²) >= 11 is 0. The first kappa shape index (κ1) is 15.7. The maximum atomic E-state index is 11.1. The van der Waals surface area contributed by atoms with Gasteiger partial charge in [-0.1, -0.05) is 0 Å². The molecule has 4 atom stereocenters. The van der Waals surface area contributed by atoms with E-state index in [0.717, 1.165) is 0 Å². The molecule has 0 spiro atoms. The van der Waals surface area contributed by atoms with Crippen molar-refractivity contribution < 1.29 is 40.2 Å². The first-order valence-corrected chi connectivity index (χ1v) is 4.63. The topological polar surface area (TPSA) is 168 Å². The Balaban J connectivity index is 4.32. The summed E-state index contributed by atoms with van der Waals surface area (Å²) in [4.78, 5) is 21.2. The zero-order valence-corrected chi connectivity index (χ0v) is 8.72. The molecule has 0 rings (SSSR count). The van der Waals surface area contributed by atoms with E-state index < -0.39 is 49.4 Å². The number of carboxylic acid groups (broad SMARTS) is 1. The van der Waals surface area contributed by atoms with Crippen molar-refractivity contribution >= 4 is 11.9 Å². The highest BCUT2D eigenvalue weighted by Crippen LogP contribution is 2.05. The van der Waals surface area contributed by atoms with Crippen molar-refractivity contribution in [1.29, 1.82) is 0 Å². The molecule has 0 saturated carbocycles. The lowest BCUT2D eigenvalue weighted by atomic mass is 10.0. The van der Waals surface area contributed by atoms with Gasteiger partial charge in [0, 0.05) is 0 Å². The van der Waals surface area contributed by atoms with Gasteiger partial charge in [-0.2, -0.15) is 0 Å². The Labute approximate surface area is 95.9 Å². The predicted molar refractivity (Wildman–Crippen MR) is 51.8 cm³/mol. The molecule has 0 aliphatic rings. The lowest BCUT2D eigenvalue weighted by Crippen LogP contribution is -2.52. The van der Waals surface area contributed by atoms with Crippen LogP contribution in [0.25, 0.3) is 0 Å². The quantitative estimate of drug-likeness (QED) is 0.239. The summed E-state index contributed by atoms with van der Waals surface area (Å²) in [7, 11) is 0. The highest BCUT2D eigenvalue weighted by molar-refractivity contribution is 5.84. The second-order valence-corrected chi connectivity index (χ2v) is 3.29. The highest BCUT2D eigenvalue weighted by atomic mass is 16.4. The van der Waals surface area contributed by atoms with E-state index in [1.54, 1.807) is 5.32 Å². The molecule has 9 heteroatoms. The SMILES string of the molecule is O=C(O)CNC(=O)[C@H](O)[C@@H](O)[C@@H](O)[C@H](O)CO. The van der Waals surface area contributed by atoms with E-state index >= 15 is 0 Å². The number of aliphatic carboxylic acids is 1. The summed E-state index contributed by atoms with van der Waals surface area (Å²) in [5.74, 6) is -2.57. The summed E-state index contributed by atoms with van der Waals surface area (Å²) in [6, 6.07) is 0. The fraction of sp³-hybridized carbons (Fsp3) is 0.750.